The quantitative estimate of drug-likeness (QED) is 0.767. The Morgan fingerprint density at radius 3 is 2.29 bits per heavy atom. The predicted molar refractivity (Wildman–Crippen MR) is 88.9 cm³/mol. The van der Waals surface area contributed by atoms with Crippen LogP contribution in [0.4, 0.5) is 13.2 Å². The summed E-state index contributed by atoms with van der Waals surface area (Å²) in [6.45, 7) is 2.54. The van der Waals surface area contributed by atoms with Crippen LogP contribution in [-0.4, -0.2) is 23.1 Å². The lowest BCUT2D eigenvalue weighted by Crippen LogP contribution is -2.30. The summed E-state index contributed by atoms with van der Waals surface area (Å²) in [4.78, 5) is 14.4. The van der Waals surface area contributed by atoms with E-state index in [1.54, 1.807) is 28.8 Å². The van der Waals surface area contributed by atoms with Gasteiger partial charge in [0, 0.05) is 17.9 Å². The largest absolute Gasteiger partial charge is 0.416 e. The Labute approximate surface area is 142 Å². The molecule has 0 spiro atoms. The van der Waals surface area contributed by atoms with E-state index in [0.717, 1.165) is 23.4 Å². The molecule has 0 saturated carbocycles. The van der Waals surface area contributed by atoms with Crippen LogP contribution >= 0.6 is 11.8 Å². The van der Waals surface area contributed by atoms with Crippen molar-refractivity contribution in [1.29, 1.82) is 0 Å². The number of carbonyl (C=O) groups is 1. The molecular formula is C18H16F3NOS. The minimum Gasteiger partial charge on any atom is -0.322 e. The first-order valence-electron chi connectivity index (χ1n) is 7.52. The number of benzene rings is 2. The molecule has 0 radical (unpaired) electrons. The summed E-state index contributed by atoms with van der Waals surface area (Å²) < 4.78 is 38.1. The van der Waals surface area contributed by atoms with Gasteiger partial charge in [-0.05, 0) is 36.8 Å². The van der Waals surface area contributed by atoms with E-state index in [4.69, 9.17) is 0 Å². The van der Waals surface area contributed by atoms with Gasteiger partial charge in [0.1, 0.15) is 5.37 Å². The van der Waals surface area contributed by atoms with Crippen LogP contribution in [0.15, 0.2) is 48.5 Å². The number of alkyl halides is 3. The number of hydrogen-bond acceptors (Lipinski definition) is 2. The van der Waals surface area contributed by atoms with Gasteiger partial charge in [0.2, 0.25) is 0 Å². The molecule has 0 bridgehead atoms. The lowest BCUT2D eigenvalue weighted by atomic mass is 10.1. The lowest BCUT2D eigenvalue weighted by Gasteiger charge is -2.24. The highest BCUT2D eigenvalue weighted by molar-refractivity contribution is 7.99. The number of amides is 1. The molecule has 1 aliphatic rings. The van der Waals surface area contributed by atoms with Crippen molar-refractivity contribution in [2.45, 2.75) is 18.5 Å². The lowest BCUT2D eigenvalue weighted by molar-refractivity contribution is -0.137. The first kappa shape index (κ1) is 16.9. The normalized spacial score (nSPS) is 18.0. The molecule has 1 aliphatic heterocycles. The molecule has 2 nitrogen and oxygen atoms in total. The van der Waals surface area contributed by atoms with Gasteiger partial charge in [-0.1, -0.05) is 29.8 Å². The SMILES string of the molecule is Cc1ccc(C(=O)N2CCS[C@H]2c2ccc(C(F)(F)F)cc2)cc1. The molecular weight excluding hydrogens is 335 g/mol. The van der Waals surface area contributed by atoms with E-state index >= 15 is 0 Å². The Balaban J connectivity index is 1.82. The van der Waals surface area contributed by atoms with Gasteiger partial charge in [0.15, 0.2) is 0 Å². The molecule has 6 heteroatoms. The minimum atomic E-state index is -4.35. The Bertz CT molecular complexity index is 725. The number of rotatable bonds is 2. The summed E-state index contributed by atoms with van der Waals surface area (Å²) in [5.41, 5.74) is 1.71. The molecule has 1 saturated heterocycles. The zero-order valence-corrected chi connectivity index (χ0v) is 13.8. The van der Waals surface area contributed by atoms with Gasteiger partial charge < -0.3 is 4.90 Å². The van der Waals surface area contributed by atoms with Crippen LogP contribution in [0, 0.1) is 6.92 Å². The molecule has 126 valence electrons. The third-order valence-corrected chi connectivity index (χ3v) is 5.23. The van der Waals surface area contributed by atoms with Gasteiger partial charge in [-0.2, -0.15) is 13.2 Å². The first-order chi connectivity index (χ1) is 11.4. The Kier molecular flexibility index (Phi) is 4.58. The highest BCUT2D eigenvalue weighted by atomic mass is 32.2. The molecule has 0 aromatic heterocycles. The van der Waals surface area contributed by atoms with Crippen molar-refractivity contribution >= 4 is 17.7 Å². The van der Waals surface area contributed by atoms with E-state index in [2.05, 4.69) is 0 Å². The molecule has 24 heavy (non-hydrogen) atoms. The Morgan fingerprint density at radius 2 is 1.71 bits per heavy atom. The average Bonchev–Trinajstić information content (AvgIpc) is 3.04. The minimum absolute atomic E-state index is 0.0927. The van der Waals surface area contributed by atoms with Gasteiger partial charge in [-0.25, -0.2) is 0 Å². The first-order valence-corrected chi connectivity index (χ1v) is 8.57. The second-order valence-electron chi connectivity index (χ2n) is 5.71. The molecule has 0 aliphatic carbocycles. The topological polar surface area (TPSA) is 20.3 Å². The summed E-state index contributed by atoms with van der Waals surface area (Å²) in [5, 5.41) is -0.249. The van der Waals surface area contributed by atoms with Crippen molar-refractivity contribution in [3.63, 3.8) is 0 Å². The Morgan fingerprint density at radius 1 is 1.08 bits per heavy atom. The van der Waals surface area contributed by atoms with Crippen molar-refractivity contribution in [3.05, 3.63) is 70.8 Å². The van der Waals surface area contributed by atoms with Crippen LogP contribution in [0.3, 0.4) is 0 Å². The zero-order chi connectivity index (χ0) is 17.3. The Hall–Kier alpha value is -1.95. The highest BCUT2D eigenvalue weighted by Crippen LogP contribution is 2.39. The molecule has 1 amide bonds. The van der Waals surface area contributed by atoms with Gasteiger partial charge in [-0.3, -0.25) is 4.79 Å². The predicted octanol–water partition coefficient (Wildman–Crippen LogP) is 4.90. The van der Waals surface area contributed by atoms with Crippen LogP contribution in [0.1, 0.15) is 32.4 Å². The maximum atomic E-state index is 12.7. The smallest absolute Gasteiger partial charge is 0.322 e. The summed E-state index contributed by atoms with van der Waals surface area (Å²) in [5.74, 6) is 0.674. The van der Waals surface area contributed by atoms with E-state index in [-0.39, 0.29) is 11.3 Å². The van der Waals surface area contributed by atoms with Crippen molar-refractivity contribution in [1.82, 2.24) is 4.90 Å². The van der Waals surface area contributed by atoms with E-state index in [1.165, 1.54) is 12.1 Å². The van der Waals surface area contributed by atoms with Crippen molar-refractivity contribution in [3.8, 4) is 0 Å². The third kappa shape index (κ3) is 3.43. The van der Waals surface area contributed by atoms with Gasteiger partial charge in [-0.15, -0.1) is 11.8 Å². The number of carbonyl (C=O) groups excluding carboxylic acids is 1. The van der Waals surface area contributed by atoms with Crippen LogP contribution in [-0.2, 0) is 6.18 Å². The van der Waals surface area contributed by atoms with Crippen molar-refractivity contribution in [2.24, 2.45) is 0 Å². The van der Waals surface area contributed by atoms with E-state index in [9.17, 15) is 18.0 Å². The number of aryl methyl sites for hydroxylation is 1. The monoisotopic (exact) mass is 351 g/mol. The van der Waals surface area contributed by atoms with Crippen LogP contribution in [0.25, 0.3) is 0 Å². The number of halogens is 3. The summed E-state index contributed by atoms with van der Waals surface area (Å²) >= 11 is 1.57. The molecule has 1 atom stereocenters. The summed E-state index contributed by atoms with van der Waals surface area (Å²) in [6.07, 6.45) is -4.35. The van der Waals surface area contributed by atoms with E-state index < -0.39 is 11.7 Å². The standard InChI is InChI=1S/C18H16F3NOS/c1-12-2-4-13(5-3-12)16(23)22-10-11-24-17(22)14-6-8-15(9-7-14)18(19,20)21/h2-9,17H,10-11H2,1H3/t17-/m0/s1. The van der Waals surface area contributed by atoms with Gasteiger partial charge >= 0.3 is 6.18 Å². The molecule has 1 fully saturated rings. The number of hydrogen-bond donors (Lipinski definition) is 0. The molecule has 3 rings (SSSR count). The van der Waals surface area contributed by atoms with Crippen LogP contribution < -0.4 is 0 Å². The van der Waals surface area contributed by atoms with Crippen molar-refractivity contribution in [2.75, 3.05) is 12.3 Å². The summed E-state index contributed by atoms with van der Waals surface area (Å²) in [7, 11) is 0. The molecule has 2 aromatic carbocycles. The maximum absolute atomic E-state index is 12.7. The second kappa shape index (κ2) is 6.51. The molecule has 1 heterocycles. The fourth-order valence-electron chi connectivity index (χ4n) is 2.65. The fraction of sp³-hybridized carbons (Fsp3) is 0.278. The van der Waals surface area contributed by atoms with Crippen LogP contribution in [0.2, 0.25) is 0 Å². The maximum Gasteiger partial charge on any atom is 0.416 e. The van der Waals surface area contributed by atoms with Gasteiger partial charge in [0.05, 0.1) is 5.56 Å². The second-order valence-corrected chi connectivity index (χ2v) is 6.90. The van der Waals surface area contributed by atoms with E-state index in [0.29, 0.717) is 17.7 Å². The average molecular weight is 351 g/mol. The van der Waals surface area contributed by atoms with Crippen LogP contribution in [0.5, 0.6) is 0 Å². The van der Waals surface area contributed by atoms with Crippen molar-refractivity contribution < 1.29 is 18.0 Å². The third-order valence-electron chi connectivity index (χ3n) is 3.97. The summed E-state index contributed by atoms with van der Waals surface area (Å²) in [6, 6.07) is 12.4. The van der Waals surface area contributed by atoms with E-state index in [1.807, 2.05) is 19.1 Å². The molecule has 2 aromatic rings. The number of nitrogens with zero attached hydrogens (tertiary/aromatic N) is 1. The number of thioether (sulfide) groups is 1. The van der Waals surface area contributed by atoms with Gasteiger partial charge in [0.25, 0.3) is 5.91 Å². The molecule has 0 unspecified atom stereocenters. The molecule has 0 N–H and O–H groups in total. The fourth-order valence-corrected chi connectivity index (χ4v) is 3.91. The highest BCUT2D eigenvalue weighted by Gasteiger charge is 2.33. The zero-order valence-electron chi connectivity index (χ0n) is 13.0.